The van der Waals surface area contributed by atoms with Gasteiger partial charge in [0.15, 0.2) is 5.82 Å². The molecule has 0 aliphatic rings. The van der Waals surface area contributed by atoms with Crippen molar-refractivity contribution in [2.45, 2.75) is 6.92 Å². The quantitative estimate of drug-likeness (QED) is 0.770. The van der Waals surface area contributed by atoms with Crippen LogP contribution in [0, 0.1) is 0 Å². The van der Waals surface area contributed by atoms with Gasteiger partial charge in [0.05, 0.1) is 5.52 Å². The van der Waals surface area contributed by atoms with Crippen LogP contribution in [0.1, 0.15) is 6.92 Å². The van der Waals surface area contributed by atoms with Gasteiger partial charge in [0.25, 0.3) is 0 Å². The number of nitrogen functional groups attached to an aromatic ring is 1. The number of halogens is 1. The number of anilines is 2. The van der Waals surface area contributed by atoms with Crippen molar-refractivity contribution in [2.24, 2.45) is 0 Å². The van der Waals surface area contributed by atoms with E-state index in [9.17, 15) is 4.79 Å². The van der Waals surface area contributed by atoms with E-state index in [1.807, 2.05) is 18.2 Å². The maximum absolute atomic E-state index is 10.8. The molecule has 6 heteroatoms. The predicted octanol–water partition coefficient (Wildman–Crippen LogP) is 1.30. The van der Waals surface area contributed by atoms with Crippen LogP contribution in [-0.2, 0) is 4.79 Å². The Labute approximate surface area is 92.7 Å². The summed E-state index contributed by atoms with van der Waals surface area (Å²) in [5.41, 5.74) is 7.06. The zero-order valence-electron chi connectivity index (χ0n) is 8.10. The van der Waals surface area contributed by atoms with E-state index in [2.05, 4.69) is 10.4 Å². The van der Waals surface area contributed by atoms with E-state index in [1.54, 1.807) is 10.7 Å². The molecule has 2 rings (SSSR count). The van der Waals surface area contributed by atoms with Gasteiger partial charge < -0.3 is 11.1 Å². The number of nitrogens with two attached hydrogens (primary N) is 1. The summed E-state index contributed by atoms with van der Waals surface area (Å²) in [6.07, 6.45) is 1.77. The Kier molecular flexibility index (Phi) is 3.16. The zero-order chi connectivity index (χ0) is 10.1. The molecule has 0 aliphatic carbocycles. The van der Waals surface area contributed by atoms with Crippen molar-refractivity contribution in [3.63, 3.8) is 0 Å². The summed E-state index contributed by atoms with van der Waals surface area (Å²) in [6.45, 7) is 1.42. The molecular formula is C9H11ClN4O. The molecule has 2 aromatic rings. The summed E-state index contributed by atoms with van der Waals surface area (Å²) >= 11 is 0. The van der Waals surface area contributed by atoms with Gasteiger partial charge in [-0.2, -0.15) is 0 Å². The number of rotatable bonds is 1. The molecule has 0 saturated carbocycles. The SMILES string of the molecule is CC(=O)Nc1nn2ccccc2c1N.Cl. The molecule has 2 aromatic heterocycles. The molecular weight excluding hydrogens is 216 g/mol. The monoisotopic (exact) mass is 226 g/mol. The Morgan fingerprint density at radius 1 is 1.53 bits per heavy atom. The lowest BCUT2D eigenvalue weighted by atomic mass is 10.3. The average Bonchev–Trinajstić information content (AvgIpc) is 2.44. The summed E-state index contributed by atoms with van der Waals surface area (Å²) in [6, 6.07) is 5.55. The lowest BCUT2D eigenvalue weighted by Gasteiger charge is -1.95. The highest BCUT2D eigenvalue weighted by molar-refractivity contribution is 5.94. The molecule has 0 unspecified atom stereocenters. The molecule has 2 heterocycles. The molecule has 0 aromatic carbocycles. The van der Waals surface area contributed by atoms with Gasteiger partial charge >= 0.3 is 0 Å². The normalized spacial score (nSPS) is 9.67. The van der Waals surface area contributed by atoms with E-state index in [0.29, 0.717) is 11.5 Å². The summed E-state index contributed by atoms with van der Waals surface area (Å²) in [5.74, 6) is 0.226. The highest BCUT2D eigenvalue weighted by Crippen LogP contribution is 2.22. The maximum Gasteiger partial charge on any atom is 0.222 e. The fourth-order valence-electron chi connectivity index (χ4n) is 1.28. The molecule has 15 heavy (non-hydrogen) atoms. The standard InChI is InChI=1S/C9H10N4O.ClH/c1-6(14)11-9-8(10)7-4-2-3-5-13(7)12-9;/h2-5H,10H2,1H3,(H,11,12,14);1H. The Morgan fingerprint density at radius 3 is 2.87 bits per heavy atom. The van der Waals surface area contributed by atoms with Gasteiger partial charge in [0.2, 0.25) is 5.91 Å². The fourth-order valence-corrected chi connectivity index (χ4v) is 1.28. The van der Waals surface area contributed by atoms with Gasteiger partial charge in [-0.15, -0.1) is 17.5 Å². The minimum absolute atomic E-state index is 0. The van der Waals surface area contributed by atoms with Crippen molar-refractivity contribution in [3.8, 4) is 0 Å². The number of hydrogen-bond donors (Lipinski definition) is 2. The Balaban J connectivity index is 0.00000112. The molecule has 0 spiro atoms. The average molecular weight is 227 g/mol. The first-order valence-electron chi connectivity index (χ1n) is 4.19. The molecule has 5 nitrogen and oxygen atoms in total. The van der Waals surface area contributed by atoms with E-state index in [1.165, 1.54) is 6.92 Å². The van der Waals surface area contributed by atoms with Crippen LogP contribution in [0.2, 0.25) is 0 Å². The van der Waals surface area contributed by atoms with Gasteiger partial charge in [-0.25, -0.2) is 4.52 Å². The van der Waals surface area contributed by atoms with Crippen molar-refractivity contribution >= 4 is 35.3 Å². The van der Waals surface area contributed by atoms with Crippen molar-refractivity contribution in [2.75, 3.05) is 11.1 Å². The van der Waals surface area contributed by atoms with E-state index >= 15 is 0 Å². The molecule has 3 N–H and O–H groups in total. The minimum atomic E-state index is -0.180. The van der Waals surface area contributed by atoms with Gasteiger partial charge in [-0.1, -0.05) is 6.07 Å². The number of nitrogens with one attached hydrogen (secondary N) is 1. The topological polar surface area (TPSA) is 72.4 Å². The first-order valence-corrected chi connectivity index (χ1v) is 4.19. The number of carbonyl (C=O) groups is 1. The highest BCUT2D eigenvalue weighted by Gasteiger charge is 2.09. The smallest absolute Gasteiger partial charge is 0.222 e. The number of fused-ring (bicyclic) bond motifs is 1. The Bertz CT molecular complexity index is 494. The van der Waals surface area contributed by atoms with Crippen molar-refractivity contribution < 1.29 is 4.79 Å². The van der Waals surface area contributed by atoms with Gasteiger partial charge in [0.1, 0.15) is 5.69 Å². The third-order valence-corrected chi connectivity index (χ3v) is 1.87. The zero-order valence-corrected chi connectivity index (χ0v) is 8.91. The second kappa shape index (κ2) is 4.18. The molecule has 0 bridgehead atoms. The van der Waals surface area contributed by atoms with E-state index in [-0.39, 0.29) is 18.3 Å². The molecule has 1 amide bonds. The second-order valence-corrected chi connectivity index (χ2v) is 2.97. The van der Waals surface area contributed by atoms with Crippen molar-refractivity contribution in [1.29, 1.82) is 0 Å². The number of hydrogen-bond acceptors (Lipinski definition) is 3. The lowest BCUT2D eigenvalue weighted by molar-refractivity contribution is -0.114. The number of nitrogens with zero attached hydrogens (tertiary/aromatic N) is 2. The largest absolute Gasteiger partial charge is 0.394 e. The molecule has 0 fully saturated rings. The summed E-state index contributed by atoms with van der Waals surface area (Å²) < 4.78 is 1.63. The molecule has 0 atom stereocenters. The summed E-state index contributed by atoms with van der Waals surface area (Å²) in [5, 5.41) is 6.68. The van der Waals surface area contributed by atoms with Crippen LogP contribution in [0.5, 0.6) is 0 Å². The number of carbonyl (C=O) groups excluding carboxylic acids is 1. The van der Waals surface area contributed by atoms with Gasteiger partial charge in [-0.3, -0.25) is 4.79 Å². The second-order valence-electron chi connectivity index (χ2n) is 2.97. The summed E-state index contributed by atoms with van der Waals surface area (Å²) in [4.78, 5) is 10.8. The van der Waals surface area contributed by atoms with Crippen molar-refractivity contribution in [3.05, 3.63) is 24.4 Å². The molecule has 80 valence electrons. The highest BCUT2D eigenvalue weighted by atomic mass is 35.5. The number of pyridine rings is 1. The van der Waals surface area contributed by atoms with Crippen LogP contribution in [0.3, 0.4) is 0 Å². The van der Waals surface area contributed by atoms with Crippen LogP contribution in [0.25, 0.3) is 5.52 Å². The van der Waals surface area contributed by atoms with Crippen LogP contribution >= 0.6 is 12.4 Å². The minimum Gasteiger partial charge on any atom is -0.394 e. The maximum atomic E-state index is 10.8. The third kappa shape index (κ3) is 2.02. The Morgan fingerprint density at radius 2 is 2.27 bits per heavy atom. The van der Waals surface area contributed by atoms with Crippen LogP contribution in [0.4, 0.5) is 11.5 Å². The van der Waals surface area contributed by atoms with Crippen LogP contribution in [-0.4, -0.2) is 15.5 Å². The fraction of sp³-hybridized carbons (Fsp3) is 0.111. The molecule has 0 aliphatic heterocycles. The lowest BCUT2D eigenvalue weighted by Crippen LogP contribution is -2.07. The summed E-state index contributed by atoms with van der Waals surface area (Å²) in [7, 11) is 0. The van der Waals surface area contributed by atoms with Gasteiger partial charge in [0, 0.05) is 13.1 Å². The molecule has 0 radical (unpaired) electrons. The number of amides is 1. The predicted molar refractivity (Wildman–Crippen MR) is 61.2 cm³/mol. The number of aromatic nitrogens is 2. The van der Waals surface area contributed by atoms with Gasteiger partial charge in [-0.05, 0) is 12.1 Å². The Hall–Kier alpha value is -1.75. The molecule has 0 saturated heterocycles. The first-order chi connectivity index (χ1) is 6.68. The van der Waals surface area contributed by atoms with E-state index in [0.717, 1.165) is 5.52 Å². The van der Waals surface area contributed by atoms with Crippen LogP contribution < -0.4 is 11.1 Å². The first kappa shape index (κ1) is 11.3. The van der Waals surface area contributed by atoms with Crippen molar-refractivity contribution in [1.82, 2.24) is 9.61 Å². The third-order valence-electron chi connectivity index (χ3n) is 1.87. The van der Waals surface area contributed by atoms with E-state index < -0.39 is 0 Å². The van der Waals surface area contributed by atoms with Crippen LogP contribution in [0.15, 0.2) is 24.4 Å². The van der Waals surface area contributed by atoms with E-state index in [4.69, 9.17) is 5.73 Å².